The fraction of sp³-hybridized carbons (Fsp3) is 0.500. The topological polar surface area (TPSA) is 40.5 Å². The number of aliphatic hydroxyl groups excluding tert-OH is 1. The maximum Gasteiger partial charge on any atom is 0.223 e. The standard InChI is InChI=1S/C14H18FNO2/c1-10-8-14(18)16(13(10)6-7-17)9-11-2-4-12(15)5-3-11/h2-5,10,13,17H,6-9H2,1H3. The molecule has 1 N–H and O–H groups in total. The molecule has 0 aromatic heterocycles. The van der Waals surface area contributed by atoms with Gasteiger partial charge in [-0.25, -0.2) is 4.39 Å². The Bertz CT molecular complexity index is 418. The first-order valence-corrected chi connectivity index (χ1v) is 6.26. The van der Waals surface area contributed by atoms with Crippen LogP contribution in [0.1, 0.15) is 25.3 Å². The zero-order valence-corrected chi connectivity index (χ0v) is 10.5. The van der Waals surface area contributed by atoms with E-state index in [1.807, 2.05) is 6.92 Å². The lowest BCUT2D eigenvalue weighted by atomic mass is 10.00. The molecule has 3 nitrogen and oxygen atoms in total. The fourth-order valence-electron chi connectivity index (χ4n) is 2.59. The maximum atomic E-state index is 12.8. The van der Waals surface area contributed by atoms with Crippen LogP contribution >= 0.6 is 0 Å². The lowest BCUT2D eigenvalue weighted by Crippen LogP contribution is -2.35. The second kappa shape index (κ2) is 5.48. The number of carbonyl (C=O) groups excluding carboxylic acids is 1. The van der Waals surface area contributed by atoms with Crippen molar-refractivity contribution in [3.63, 3.8) is 0 Å². The number of hydrogen-bond donors (Lipinski definition) is 1. The lowest BCUT2D eigenvalue weighted by Gasteiger charge is -2.26. The summed E-state index contributed by atoms with van der Waals surface area (Å²) >= 11 is 0. The van der Waals surface area contributed by atoms with Crippen molar-refractivity contribution in [2.75, 3.05) is 6.61 Å². The summed E-state index contributed by atoms with van der Waals surface area (Å²) < 4.78 is 12.8. The van der Waals surface area contributed by atoms with Gasteiger partial charge in [0.15, 0.2) is 0 Å². The van der Waals surface area contributed by atoms with E-state index in [0.717, 1.165) is 5.56 Å². The Kier molecular flexibility index (Phi) is 3.97. The minimum atomic E-state index is -0.272. The van der Waals surface area contributed by atoms with Gasteiger partial charge in [-0.1, -0.05) is 19.1 Å². The molecule has 1 amide bonds. The average Bonchev–Trinajstić information content (AvgIpc) is 2.59. The molecule has 4 heteroatoms. The largest absolute Gasteiger partial charge is 0.396 e. The molecule has 1 aromatic carbocycles. The number of rotatable bonds is 4. The molecule has 1 aliphatic heterocycles. The van der Waals surface area contributed by atoms with Gasteiger partial charge >= 0.3 is 0 Å². The van der Waals surface area contributed by atoms with Crippen LogP contribution in [0, 0.1) is 11.7 Å². The molecule has 2 atom stereocenters. The Balaban J connectivity index is 2.10. The van der Waals surface area contributed by atoms with E-state index in [4.69, 9.17) is 5.11 Å². The Morgan fingerprint density at radius 3 is 2.67 bits per heavy atom. The zero-order chi connectivity index (χ0) is 13.1. The van der Waals surface area contributed by atoms with E-state index in [9.17, 15) is 9.18 Å². The SMILES string of the molecule is CC1CC(=O)N(Cc2ccc(F)cc2)C1CCO. The summed E-state index contributed by atoms with van der Waals surface area (Å²) in [6, 6.07) is 6.29. The minimum Gasteiger partial charge on any atom is -0.396 e. The van der Waals surface area contributed by atoms with E-state index >= 15 is 0 Å². The molecular formula is C14H18FNO2. The Morgan fingerprint density at radius 1 is 1.39 bits per heavy atom. The van der Waals surface area contributed by atoms with Gasteiger partial charge < -0.3 is 10.0 Å². The number of amides is 1. The van der Waals surface area contributed by atoms with Crippen LogP contribution in [0.4, 0.5) is 4.39 Å². The summed E-state index contributed by atoms with van der Waals surface area (Å²) in [5.74, 6) is 0.113. The highest BCUT2D eigenvalue weighted by molar-refractivity contribution is 5.79. The van der Waals surface area contributed by atoms with E-state index in [-0.39, 0.29) is 30.3 Å². The van der Waals surface area contributed by atoms with Crippen molar-refractivity contribution < 1.29 is 14.3 Å². The molecule has 0 spiro atoms. The molecule has 1 saturated heterocycles. The third-order valence-electron chi connectivity index (χ3n) is 3.57. The predicted octanol–water partition coefficient (Wildman–Crippen LogP) is 1.95. The van der Waals surface area contributed by atoms with Gasteiger partial charge in [0, 0.05) is 25.6 Å². The van der Waals surface area contributed by atoms with Crippen LogP contribution in [0.2, 0.25) is 0 Å². The molecule has 0 bridgehead atoms. The molecule has 98 valence electrons. The first kappa shape index (κ1) is 13.0. The van der Waals surface area contributed by atoms with Gasteiger partial charge in [-0.15, -0.1) is 0 Å². The third-order valence-corrected chi connectivity index (χ3v) is 3.57. The van der Waals surface area contributed by atoms with Gasteiger partial charge in [0.2, 0.25) is 5.91 Å². The monoisotopic (exact) mass is 251 g/mol. The molecule has 0 radical (unpaired) electrons. The van der Waals surface area contributed by atoms with E-state index in [0.29, 0.717) is 19.4 Å². The molecule has 1 heterocycles. The van der Waals surface area contributed by atoms with E-state index in [1.54, 1.807) is 17.0 Å². The summed E-state index contributed by atoms with van der Waals surface area (Å²) in [4.78, 5) is 13.7. The number of nitrogens with zero attached hydrogens (tertiary/aromatic N) is 1. The van der Waals surface area contributed by atoms with Crippen molar-refractivity contribution in [3.05, 3.63) is 35.6 Å². The lowest BCUT2D eigenvalue weighted by molar-refractivity contribution is -0.129. The molecule has 1 aliphatic rings. The average molecular weight is 251 g/mol. The Morgan fingerprint density at radius 2 is 2.06 bits per heavy atom. The van der Waals surface area contributed by atoms with Gasteiger partial charge in [0.1, 0.15) is 5.82 Å². The molecule has 1 fully saturated rings. The third kappa shape index (κ3) is 2.70. The van der Waals surface area contributed by atoms with Gasteiger partial charge in [-0.2, -0.15) is 0 Å². The van der Waals surface area contributed by atoms with Gasteiger partial charge in [-0.3, -0.25) is 4.79 Å². The number of benzene rings is 1. The van der Waals surface area contributed by atoms with Crippen molar-refractivity contribution >= 4 is 5.91 Å². The second-order valence-electron chi connectivity index (χ2n) is 4.91. The van der Waals surface area contributed by atoms with Gasteiger partial charge in [0.05, 0.1) is 0 Å². The molecule has 0 saturated carbocycles. The zero-order valence-electron chi connectivity index (χ0n) is 10.5. The Labute approximate surface area is 106 Å². The minimum absolute atomic E-state index is 0.0855. The van der Waals surface area contributed by atoms with E-state index in [2.05, 4.69) is 0 Å². The number of hydrogen-bond acceptors (Lipinski definition) is 2. The molecule has 2 rings (SSSR count). The van der Waals surface area contributed by atoms with Crippen molar-refractivity contribution in [3.8, 4) is 0 Å². The van der Waals surface area contributed by atoms with Crippen LogP contribution in [0.3, 0.4) is 0 Å². The first-order chi connectivity index (χ1) is 8.61. The second-order valence-corrected chi connectivity index (χ2v) is 4.91. The van der Waals surface area contributed by atoms with Crippen LogP contribution in [-0.2, 0) is 11.3 Å². The number of likely N-dealkylation sites (tertiary alicyclic amines) is 1. The van der Waals surface area contributed by atoms with Crippen LogP contribution in [-0.4, -0.2) is 28.6 Å². The number of carbonyl (C=O) groups is 1. The van der Waals surface area contributed by atoms with Gasteiger partial charge in [0.25, 0.3) is 0 Å². The van der Waals surface area contributed by atoms with Crippen molar-refractivity contribution in [2.45, 2.75) is 32.4 Å². The van der Waals surface area contributed by atoms with E-state index in [1.165, 1.54) is 12.1 Å². The highest BCUT2D eigenvalue weighted by Crippen LogP contribution is 2.28. The summed E-state index contributed by atoms with van der Waals surface area (Å²) in [6.45, 7) is 2.61. The highest BCUT2D eigenvalue weighted by Gasteiger charge is 2.36. The van der Waals surface area contributed by atoms with E-state index < -0.39 is 0 Å². The molecule has 2 unspecified atom stereocenters. The first-order valence-electron chi connectivity index (χ1n) is 6.26. The fourth-order valence-corrected chi connectivity index (χ4v) is 2.59. The normalized spacial score (nSPS) is 23.7. The number of aliphatic hydroxyl groups is 1. The summed E-state index contributed by atoms with van der Waals surface area (Å²) in [5, 5.41) is 9.06. The van der Waals surface area contributed by atoms with Crippen LogP contribution in [0.5, 0.6) is 0 Å². The molecular weight excluding hydrogens is 233 g/mol. The highest BCUT2D eigenvalue weighted by atomic mass is 19.1. The van der Waals surface area contributed by atoms with Crippen LogP contribution < -0.4 is 0 Å². The summed E-state index contributed by atoms with van der Waals surface area (Å²) in [7, 11) is 0. The van der Waals surface area contributed by atoms with Gasteiger partial charge in [-0.05, 0) is 30.0 Å². The molecule has 0 aliphatic carbocycles. The summed E-state index contributed by atoms with van der Waals surface area (Å²) in [6.07, 6.45) is 1.14. The number of halogens is 1. The van der Waals surface area contributed by atoms with Crippen LogP contribution in [0.25, 0.3) is 0 Å². The van der Waals surface area contributed by atoms with Crippen molar-refractivity contribution in [2.24, 2.45) is 5.92 Å². The predicted molar refractivity (Wildman–Crippen MR) is 66.2 cm³/mol. The summed E-state index contributed by atoms with van der Waals surface area (Å²) in [5.41, 5.74) is 0.918. The quantitative estimate of drug-likeness (QED) is 0.888. The van der Waals surface area contributed by atoms with Crippen molar-refractivity contribution in [1.82, 2.24) is 4.90 Å². The maximum absolute atomic E-state index is 12.8. The van der Waals surface area contributed by atoms with Crippen LogP contribution in [0.15, 0.2) is 24.3 Å². The smallest absolute Gasteiger partial charge is 0.223 e. The molecule has 1 aromatic rings. The molecule has 18 heavy (non-hydrogen) atoms. The van der Waals surface area contributed by atoms with Crippen molar-refractivity contribution in [1.29, 1.82) is 0 Å². The Hall–Kier alpha value is -1.42.